The molecule has 1 aliphatic heterocycles. The molecule has 1 rings (SSSR count). The first-order valence-electron chi connectivity index (χ1n) is 5.79. The summed E-state index contributed by atoms with van der Waals surface area (Å²) in [6.45, 7) is 5.75. The second kappa shape index (κ2) is 4.77. The van der Waals surface area contributed by atoms with Crippen molar-refractivity contribution in [2.45, 2.75) is 64.8 Å². The van der Waals surface area contributed by atoms with Crippen molar-refractivity contribution in [2.75, 3.05) is 0 Å². The smallest absolute Gasteiger partial charge is 0.229 e. The first-order valence-corrected chi connectivity index (χ1v) is 5.79. The Kier molecular flexibility index (Phi) is 3.89. The van der Waals surface area contributed by atoms with E-state index < -0.39 is 0 Å². The molecule has 0 aliphatic carbocycles. The quantitative estimate of drug-likeness (QED) is 0.577. The highest BCUT2D eigenvalue weighted by molar-refractivity contribution is 5.96. The highest BCUT2D eigenvalue weighted by Gasteiger charge is 2.31. The van der Waals surface area contributed by atoms with Crippen molar-refractivity contribution in [1.29, 1.82) is 0 Å². The molecular weight excluding hydrogens is 190 g/mol. The lowest BCUT2D eigenvalue weighted by molar-refractivity contribution is -0.150. The van der Waals surface area contributed by atoms with Crippen LogP contribution in [0.3, 0.4) is 0 Å². The molecule has 1 fully saturated rings. The van der Waals surface area contributed by atoms with Crippen LogP contribution in [0.5, 0.6) is 0 Å². The van der Waals surface area contributed by atoms with Crippen LogP contribution < -0.4 is 0 Å². The molecule has 0 bridgehead atoms. The second-order valence-corrected chi connectivity index (χ2v) is 5.21. The molecule has 1 heterocycles. The van der Waals surface area contributed by atoms with Crippen molar-refractivity contribution in [3.05, 3.63) is 0 Å². The highest BCUT2D eigenvalue weighted by Crippen LogP contribution is 2.20. The Labute approximate surface area is 91.8 Å². The average molecular weight is 211 g/mol. The van der Waals surface area contributed by atoms with Gasteiger partial charge in [0.15, 0.2) is 0 Å². The lowest BCUT2D eigenvalue weighted by atomic mass is 10.0. The largest absolute Gasteiger partial charge is 0.277 e. The molecule has 0 aromatic heterocycles. The van der Waals surface area contributed by atoms with Gasteiger partial charge in [0.05, 0.1) is 0 Å². The molecule has 0 unspecified atom stereocenters. The molecule has 86 valence electrons. The zero-order valence-corrected chi connectivity index (χ0v) is 10.0. The first kappa shape index (κ1) is 12.2. The number of nitrogens with zero attached hydrogens (tertiary/aromatic N) is 1. The molecule has 0 saturated carbocycles. The Morgan fingerprint density at radius 1 is 0.867 bits per heavy atom. The van der Waals surface area contributed by atoms with Crippen molar-refractivity contribution in [3.8, 4) is 0 Å². The van der Waals surface area contributed by atoms with E-state index in [9.17, 15) is 9.59 Å². The van der Waals surface area contributed by atoms with Crippen molar-refractivity contribution in [3.63, 3.8) is 0 Å². The maximum atomic E-state index is 11.9. The van der Waals surface area contributed by atoms with Crippen LogP contribution in [0.1, 0.15) is 59.3 Å². The van der Waals surface area contributed by atoms with Crippen LogP contribution in [0.4, 0.5) is 0 Å². The molecule has 3 heteroatoms. The molecule has 0 atom stereocenters. The van der Waals surface area contributed by atoms with Gasteiger partial charge in [-0.15, -0.1) is 0 Å². The highest BCUT2D eigenvalue weighted by atomic mass is 16.2. The van der Waals surface area contributed by atoms with E-state index in [1.54, 1.807) is 0 Å². The third-order valence-corrected chi connectivity index (χ3v) is 2.70. The third-order valence-electron chi connectivity index (χ3n) is 2.70. The summed E-state index contributed by atoms with van der Waals surface area (Å²) in [6, 6.07) is 0. The van der Waals surface area contributed by atoms with Crippen LogP contribution in [0.2, 0.25) is 0 Å². The summed E-state index contributed by atoms with van der Waals surface area (Å²) in [4.78, 5) is 25.2. The van der Waals surface area contributed by atoms with E-state index in [1.165, 1.54) is 4.90 Å². The topological polar surface area (TPSA) is 37.4 Å². The van der Waals surface area contributed by atoms with Gasteiger partial charge in [-0.05, 0) is 33.6 Å². The molecule has 0 radical (unpaired) electrons. The minimum absolute atomic E-state index is 0.00519. The Morgan fingerprint density at radius 2 is 1.27 bits per heavy atom. The average Bonchev–Trinajstić information content (AvgIpc) is 2.14. The van der Waals surface area contributed by atoms with Crippen molar-refractivity contribution in [1.82, 2.24) is 4.90 Å². The van der Waals surface area contributed by atoms with E-state index in [4.69, 9.17) is 0 Å². The minimum atomic E-state index is -0.376. The van der Waals surface area contributed by atoms with Crippen LogP contribution in [-0.2, 0) is 9.59 Å². The summed E-state index contributed by atoms with van der Waals surface area (Å²) < 4.78 is 0. The van der Waals surface area contributed by atoms with E-state index in [1.807, 2.05) is 20.8 Å². The third kappa shape index (κ3) is 3.33. The number of hydrogen-bond donors (Lipinski definition) is 0. The van der Waals surface area contributed by atoms with E-state index >= 15 is 0 Å². The summed E-state index contributed by atoms with van der Waals surface area (Å²) in [5, 5.41) is 0. The molecule has 0 spiro atoms. The molecular formula is C12H21NO2. The Morgan fingerprint density at radius 3 is 1.60 bits per heavy atom. The number of carbonyl (C=O) groups excluding carboxylic acids is 2. The number of carbonyl (C=O) groups is 2. The van der Waals surface area contributed by atoms with Gasteiger partial charge in [0.25, 0.3) is 0 Å². The van der Waals surface area contributed by atoms with E-state index in [0.717, 1.165) is 25.7 Å². The maximum absolute atomic E-state index is 11.9. The van der Waals surface area contributed by atoms with Gasteiger partial charge in [-0.3, -0.25) is 14.5 Å². The summed E-state index contributed by atoms with van der Waals surface area (Å²) in [5.41, 5.74) is -0.376. The van der Waals surface area contributed by atoms with Crippen molar-refractivity contribution < 1.29 is 9.59 Å². The predicted octanol–water partition coefficient (Wildman–Crippen LogP) is 2.49. The summed E-state index contributed by atoms with van der Waals surface area (Å²) in [6.07, 6.45) is 5.00. The Balaban J connectivity index is 2.84. The van der Waals surface area contributed by atoms with Crippen LogP contribution in [0.25, 0.3) is 0 Å². The van der Waals surface area contributed by atoms with Crippen LogP contribution >= 0.6 is 0 Å². The van der Waals surface area contributed by atoms with Crippen LogP contribution in [0.15, 0.2) is 0 Å². The lowest BCUT2D eigenvalue weighted by Crippen LogP contribution is -2.49. The normalized spacial score (nSPS) is 20.9. The van der Waals surface area contributed by atoms with Crippen molar-refractivity contribution in [2.24, 2.45) is 0 Å². The first-order chi connectivity index (χ1) is 6.93. The van der Waals surface area contributed by atoms with Gasteiger partial charge < -0.3 is 0 Å². The molecule has 3 nitrogen and oxygen atoms in total. The predicted molar refractivity (Wildman–Crippen MR) is 59.3 cm³/mol. The monoisotopic (exact) mass is 211 g/mol. The zero-order chi connectivity index (χ0) is 11.5. The number of amides is 2. The summed E-state index contributed by atoms with van der Waals surface area (Å²) in [7, 11) is 0. The van der Waals surface area contributed by atoms with Gasteiger partial charge in [0.1, 0.15) is 0 Å². The van der Waals surface area contributed by atoms with Crippen molar-refractivity contribution >= 4 is 11.8 Å². The second-order valence-electron chi connectivity index (χ2n) is 5.21. The van der Waals surface area contributed by atoms with Gasteiger partial charge in [-0.1, -0.05) is 12.8 Å². The summed E-state index contributed by atoms with van der Waals surface area (Å²) in [5.74, 6) is -0.0104. The fourth-order valence-corrected chi connectivity index (χ4v) is 2.02. The standard InChI is InChI=1S/C12H21NO2/c1-12(2,3)13-10(14)8-6-4-5-7-9-11(13)15/h4-9H2,1-3H3. The van der Waals surface area contributed by atoms with Crippen LogP contribution in [0, 0.1) is 0 Å². The SMILES string of the molecule is CC(C)(C)N1C(=O)CCCCCCC1=O. The minimum Gasteiger partial charge on any atom is -0.277 e. The van der Waals surface area contributed by atoms with Crippen LogP contribution in [-0.4, -0.2) is 22.3 Å². The fourth-order valence-electron chi connectivity index (χ4n) is 2.02. The molecule has 1 aliphatic rings. The van der Waals surface area contributed by atoms with E-state index in [0.29, 0.717) is 12.8 Å². The van der Waals surface area contributed by atoms with Gasteiger partial charge in [-0.2, -0.15) is 0 Å². The molecule has 0 N–H and O–H groups in total. The molecule has 1 saturated heterocycles. The van der Waals surface area contributed by atoms with Gasteiger partial charge >= 0.3 is 0 Å². The number of rotatable bonds is 0. The Bertz CT molecular complexity index is 233. The number of hydrogen-bond acceptors (Lipinski definition) is 2. The molecule has 0 aromatic rings. The van der Waals surface area contributed by atoms with Gasteiger partial charge in [-0.25, -0.2) is 0 Å². The molecule has 0 aromatic carbocycles. The molecule has 2 amide bonds. The maximum Gasteiger partial charge on any atom is 0.229 e. The number of imide groups is 1. The van der Waals surface area contributed by atoms with E-state index in [-0.39, 0.29) is 17.4 Å². The molecule has 15 heavy (non-hydrogen) atoms. The van der Waals surface area contributed by atoms with Gasteiger partial charge in [0, 0.05) is 18.4 Å². The summed E-state index contributed by atoms with van der Waals surface area (Å²) >= 11 is 0. The Hall–Kier alpha value is -0.860. The fraction of sp³-hybridized carbons (Fsp3) is 0.833. The van der Waals surface area contributed by atoms with Gasteiger partial charge in [0.2, 0.25) is 11.8 Å². The zero-order valence-electron chi connectivity index (χ0n) is 10.0. The lowest BCUT2D eigenvalue weighted by Gasteiger charge is -2.33. The van der Waals surface area contributed by atoms with E-state index in [2.05, 4.69) is 0 Å².